The third-order valence-corrected chi connectivity index (χ3v) is 3.33. The highest BCUT2D eigenvalue weighted by Gasteiger charge is 2.02. The summed E-state index contributed by atoms with van der Waals surface area (Å²) in [6, 6.07) is 22.4. The zero-order valence-corrected chi connectivity index (χ0v) is 11.3. The lowest BCUT2D eigenvalue weighted by molar-refractivity contribution is 0.488. The van der Waals surface area contributed by atoms with Gasteiger partial charge in [-0.2, -0.15) is 0 Å². The molecule has 0 spiro atoms. The Balaban J connectivity index is 1.89. The van der Waals surface area contributed by atoms with E-state index < -0.39 is 0 Å². The largest absolute Gasteiger partial charge is 0.457 e. The van der Waals surface area contributed by atoms with Crippen molar-refractivity contribution in [2.75, 3.05) is 6.54 Å². The molecule has 0 amide bonds. The molecule has 0 aliphatic carbocycles. The third-order valence-electron chi connectivity index (χ3n) is 3.33. The van der Waals surface area contributed by atoms with Crippen LogP contribution in [-0.2, 0) is 6.42 Å². The highest BCUT2D eigenvalue weighted by atomic mass is 16.5. The molecule has 0 aliphatic heterocycles. The van der Waals surface area contributed by atoms with Crippen molar-refractivity contribution in [3.05, 3.63) is 72.3 Å². The van der Waals surface area contributed by atoms with Gasteiger partial charge in [0.25, 0.3) is 0 Å². The highest BCUT2D eigenvalue weighted by Crippen LogP contribution is 2.29. The van der Waals surface area contributed by atoms with E-state index in [2.05, 4.69) is 30.3 Å². The molecular weight excluding hydrogens is 246 g/mol. The van der Waals surface area contributed by atoms with Crippen molar-refractivity contribution < 1.29 is 4.74 Å². The maximum absolute atomic E-state index is 5.99. The van der Waals surface area contributed by atoms with E-state index in [0.29, 0.717) is 6.54 Å². The van der Waals surface area contributed by atoms with Gasteiger partial charge in [0, 0.05) is 5.39 Å². The van der Waals surface area contributed by atoms with Crippen LogP contribution in [0.2, 0.25) is 0 Å². The van der Waals surface area contributed by atoms with Crippen LogP contribution in [-0.4, -0.2) is 6.54 Å². The number of hydrogen-bond acceptors (Lipinski definition) is 2. The second-order valence-electron chi connectivity index (χ2n) is 4.76. The van der Waals surface area contributed by atoms with Gasteiger partial charge in [0.2, 0.25) is 0 Å². The molecule has 0 bridgehead atoms. The molecule has 0 unspecified atom stereocenters. The predicted octanol–water partition coefficient (Wildman–Crippen LogP) is 4.13. The molecule has 2 heteroatoms. The van der Waals surface area contributed by atoms with Crippen molar-refractivity contribution in [1.29, 1.82) is 0 Å². The summed E-state index contributed by atoms with van der Waals surface area (Å²) in [5, 5.41) is 2.31. The molecule has 100 valence electrons. The van der Waals surface area contributed by atoms with Crippen molar-refractivity contribution in [2.24, 2.45) is 5.73 Å². The summed E-state index contributed by atoms with van der Waals surface area (Å²) in [5.74, 6) is 1.73. The van der Waals surface area contributed by atoms with Gasteiger partial charge in [0.1, 0.15) is 11.5 Å². The molecular formula is C18H17NO. The van der Waals surface area contributed by atoms with E-state index in [1.807, 2.05) is 36.4 Å². The first-order valence-corrected chi connectivity index (χ1v) is 6.81. The van der Waals surface area contributed by atoms with Crippen LogP contribution < -0.4 is 10.5 Å². The number of hydrogen-bond donors (Lipinski definition) is 1. The van der Waals surface area contributed by atoms with Crippen molar-refractivity contribution in [2.45, 2.75) is 6.42 Å². The molecule has 0 aliphatic rings. The SMILES string of the molecule is NCCc1ccc(Oc2cccc3ccccc23)cc1. The Hall–Kier alpha value is -2.32. The second-order valence-corrected chi connectivity index (χ2v) is 4.76. The fourth-order valence-electron chi connectivity index (χ4n) is 2.30. The second kappa shape index (κ2) is 5.76. The summed E-state index contributed by atoms with van der Waals surface area (Å²) in [7, 11) is 0. The van der Waals surface area contributed by atoms with E-state index in [9.17, 15) is 0 Å². The molecule has 0 saturated carbocycles. The van der Waals surface area contributed by atoms with Gasteiger partial charge in [0.05, 0.1) is 0 Å². The average Bonchev–Trinajstić information content (AvgIpc) is 2.50. The fraction of sp³-hybridized carbons (Fsp3) is 0.111. The van der Waals surface area contributed by atoms with Crippen molar-refractivity contribution >= 4 is 10.8 Å². The van der Waals surface area contributed by atoms with E-state index in [4.69, 9.17) is 10.5 Å². The molecule has 3 aromatic rings. The summed E-state index contributed by atoms with van der Waals surface area (Å²) < 4.78 is 5.99. The van der Waals surface area contributed by atoms with Gasteiger partial charge in [0.15, 0.2) is 0 Å². The number of nitrogens with two attached hydrogens (primary N) is 1. The first kappa shape index (κ1) is 12.7. The molecule has 3 rings (SSSR count). The lowest BCUT2D eigenvalue weighted by atomic mass is 10.1. The van der Waals surface area contributed by atoms with Crippen LogP contribution in [0.4, 0.5) is 0 Å². The average molecular weight is 263 g/mol. The summed E-state index contributed by atoms with van der Waals surface area (Å²) in [4.78, 5) is 0. The van der Waals surface area contributed by atoms with Crippen LogP contribution in [0.1, 0.15) is 5.56 Å². The molecule has 20 heavy (non-hydrogen) atoms. The minimum absolute atomic E-state index is 0.670. The van der Waals surface area contributed by atoms with Gasteiger partial charge in [-0.05, 0) is 42.1 Å². The first-order chi connectivity index (χ1) is 9.86. The normalized spacial score (nSPS) is 10.7. The Morgan fingerprint density at radius 1 is 0.800 bits per heavy atom. The summed E-state index contributed by atoms with van der Waals surface area (Å²) in [6.45, 7) is 0.670. The Morgan fingerprint density at radius 3 is 2.35 bits per heavy atom. The van der Waals surface area contributed by atoms with Gasteiger partial charge in [-0.1, -0.05) is 48.5 Å². The molecule has 0 atom stereocenters. The molecule has 0 aromatic heterocycles. The molecule has 0 saturated heterocycles. The fourth-order valence-corrected chi connectivity index (χ4v) is 2.30. The Bertz CT molecular complexity index is 699. The van der Waals surface area contributed by atoms with Crippen molar-refractivity contribution in [3.63, 3.8) is 0 Å². The van der Waals surface area contributed by atoms with Gasteiger partial charge >= 0.3 is 0 Å². The lowest BCUT2D eigenvalue weighted by Crippen LogP contribution is -2.02. The number of benzene rings is 3. The quantitative estimate of drug-likeness (QED) is 0.768. The minimum atomic E-state index is 0.670. The first-order valence-electron chi connectivity index (χ1n) is 6.81. The van der Waals surface area contributed by atoms with Crippen LogP contribution >= 0.6 is 0 Å². The van der Waals surface area contributed by atoms with E-state index in [-0.39, 0.29) is 0 Å². The molecule has 2 nitrogen and oxygen atoms in total. The van der Waals surface area contributed by atoms with Crippen molar-refractivity contribution in [1.82, 2.24) is 0 Å². The van der Waals surface area contributed by atoms with Crippen LogP contribution in [0.25, 0.3) is 10.8 Å². The number of ether oxygens (including phenoxy) is 1. The third kappa shape index (κ3) is 2.65. The van der Waals surface area contributed by atoms with Crippen LogP contribution in [0.3, 0.4) is 0 Å². The van der Waals surface area contributed by atoms with E-state index in [1.54, 1.807) is 0 Å². The highest BCUT2D eigenvalue weighted by molar-refractivity contribution is 5.88. The van der Waals surface area contributed by atoms with Gasteiger partial charge in [-0.3, -0.25) is 0 Å². The van der Waals surface area contributed by atoms with Crippen molar-refractivity contribution in [3.8, 4) is 11.5 Å². The lowest BCUT2D eigenvalue weighted by Gasteiger charge is -2.09. The standard InChI is InChI=1S/C18H17NO/c19-13-12-14-8-10-16(11-9-14)20-18-7-3-5-15-4-1-2-6-17(15)18/h1-11H,12-13,19H2. The monoisotopic (exact) mass is 263 g/mol. The molecule has 0 radical (unpaired) electrons. The van der Waals surface area contributed by atoms with Crippen LogP contribution in [0.15, 0.2) is 66.7 Å². The minimum Gasteiger partial charge on any atom is -0.457 e. The number of fused-ring (bicyclic) bond motifs is 1. The summed E-state index contributed by atoms with van der Waals surface area (Å²) in [5.41, 5.74) is 6.79. The Kier molecular flexibility index (Phi) is 3.66. The maximum atomic E-state index is 5.99. The van der Waals surface area contributed by atoms with Crippen LogP contribution in [0, 0.1) is 0 Å². The number of rotatable bonds is 4. The van der Waals surface area contributed by atoms with E-state index in [1.165, 1.54) is 10.9 Å². The smallest absolute Gasteiger partial charge is 0.135 e. The van der Waals surface area contributed by atoms with Gasteiger partial charge < -0.3 is 10.5 Å². The topological polar surface area (TPSA) is 35.2 Å². The summed E-state index contributed by atoms with van der Waals surface area (Å²) in [6.07, 6.45) is 0.897. The van der Waals surface area contributed by atoms with Gasteiger partial charge in [-0.15, -0.1) is 0 Å². The maximum Gasteiger partial charge on any atom is 0.135 e. The molecule has 3 aromatic carbocycles. The predicted molar refractivity (Wildman–Crippen MR) is 83.2 cm³/mol. The zero-order chi connectivity index (χ0) is 13.8. The van der Waals surface area contributed by atoms with E-state index in [0.717, 1.165) is 23.3 Å². The van der Waals surface area contributed by atoms with Gasteiger partial charge in [-0.25, -0.2) is 0 Å². The van der Waals surface area contributed by atoms with E-state index >= 15 is 0 Å². The molecule has 0 heterocycles. The summed E-state index contributed by atoms with van der Waals surface area (Å²) >= 11 is 0. The van der Waals surface area contributed by atoms with Crippen LogP contribution in [0.5, 0.6) is 11.5 Å². The molecule has 2 N–H and O–H groups in total. The Labute approximate surface area is 118 Å². The molecule has 0 fully saturated rings. The zero-order valence-electron chi connectivity index (χ0n) is 11.3. The Morgan fingerprint density at radius 2 is 1.55 bits per heavy atom.